The maximum atomic E-state index is 12.7. The number of halogens is 8. The maximum absolute atomic E-state index is 12.7. The summed E-state index contributed by atoms with van der Waals surface area (Å²) >= 11 is 5.76. The number of benzene rings is 1. The van der Waals surface area contributed by atoms with Crippen LogP contribution in [-0.2, 0) is 0 Å². The fourth-order valence-electron chi connectivity index (χ4n) is 1.80. The molecule has 0 N–H and O–H groups in total. The smallest absolute Gasteiger partial charge is 0.170 e. The van der Waals surface area contributed by atoms with Crippen LogP contribution in [0.2, 0.25) is 0 Å². The minimum absolute atomic E-state index is 0.0228. The third kappa shape index (κ3) is 3.90. The van der Waals surface area contributed by atoms with Crippen LogP contribution in [0.1, 0.15) is 21.5 Å². The van der Waals surface area contributed by atoms with Crippen LogP contribution in [0.25, 0.3) is 0 Å². The van der Waals surface area contributed by atoms with E-state index in [2.05, 4.69) is 31.9 Å². The van der Waals surface area contributed by atoms with Gasteiger partial charge in [-0.05, 0) is 36.6 Å². The van der Waals surface area contributed by atoms with Gasteiger partial charge in [-0.25, -0.2) is 0 Å². The molecule has 0 aliphatic rings. The first kappa shape index (κ1) is 17.8. The zero-order valence-electron chi connectivity index (χ0n) is 10.3. The number of hydrogen-bond acceptors (Lipinski definition) is 0. The average Bonchev–Trinajstić information content (AvgIpc) is 2.18. The SMILES string of the molecule is Cc1cc(C(Br)C(C(F)(F)F)C(F)(F)F)c(C)cc1Br. The van der Waals surface area contributed by atoms with E-state index in [1.807, 2.05) is 0 Å². The van der Waals surface area contributed by atoms with Crippen molar-refractivity contribution >= 4 is 31.9 Å². The minimum atomic E-state index is -5.38. The van der Waals surface area contributed by atoms with Crippen molar-refractivity contribution in [2.75, 3.05) is 0 Å². The van der Waals surface area contributed by atoms with Gasteiger partial charge in [-0.15, -0.1) is 0 Å². The lowest BCUT2D eigenvalue weighted by Crippen LogP contribution is -2.39. The van der Waals surface area contributed by atoms with E-state index in [4.69, 9.17) is 0 Å². The molecule has 1 rings (SSSR count). The first-order valence-electron chi connectivity index (χ1n) is 5.40. The molecule has 0 bridgehead atoms. The second-order valence-electron chi connectivity index (χ2n) is 4.42. The van der Waals surface area contributed by atoms with Gasteiger partial charge in [0.05, 0.1) is 4.83 Å². The van der Waals surface area contributed by atoms with Gasteiger partial charge in [0, 0.05) is 4.47 Å². The zero-order chi connectivity index (χ0) is 15.9. The van der Waals surface area contributed by atoms with Gasteiger partial charge >= 0.3 is 12.4 Å². The van der Waals surface area contributed by atoms with E-state index in [9.17, 15) is 26.3 Å². The van der Waals surface area contributed by atoms with Gasteiger partial charge in [0.2, 0.25) is 0 Å². The number of aryl methyl sites for hydroxylation is 2. The molecule has 8 heteroatoms. The van der Waals surface area contributed by atoms with Gasteiger partial charge in [-0.3, -0.25) is 0 Å². The van der Waals surface area contributed by atoms with E-state index in [0.717, 1.165) is 0 Å². The van der Waals surface area contributed by atoms with Gasteiger partial charge in [-0.2, -0.15) is 26.3 Å². The normalized spacial score (nSPS) is 14.8. The van der Waals surface area contributed by atoms with Gasteiger partial charge in [0.25, 0.3) is 0 Å². The number of alkyl halides is 7. The molecule has 1 aromatic rings. The Morgan fingerprint density at radius 2 is 1.35 bits per heavy atom. The molecule has 0 radical (unpaired) electrons. The van der Waals surface area contributed by atoms with Crippen molar-refractivity contribution in [1.29, 1.82) is 0 Å². The Bertz CT molecular complexity index is 478. The lowest BCUT2D eigenvalue weighted by Gasteiger charge is -2.28. The summed E-state index contributed by atoms with van der Waals surface area (Å²) in [6, 6.07) is 2.83. The molecular formula is C12H10Br2F6. The lowest BCUT2D eigenvalue weighted by atomic mass is 9.93. The molecule has 0 saturated carbocycles. The molecule has 0 nitrogen and oxygen atoms in total. The molecule has 0 fully saturated rings. The summed E-state index contributed by atoms with van der Waals surface area (Å²) in [7, 11) is 0. The van der Waals surface area contributed by atoms with Gasteiger partial charge < -0.3 is 0 Å². The van der Waals surface area contributed by atoms with Crippen molar-refractivity contribution in [3.05, 3.63) is 33.3 Å². The van der Waals surface area contributed by atoms with E-state index >= 15 is 0 Å². The second-order valence-corrected chi connectivity index (χ2v) is 6.26. The Morgan fingerprint density at radius 3 is 1.75 bits per heavy atom. The predicted octanol–water partition coefficient (Wildman–Crippen LogP) is 6.24. The summed E-state index contributed by atoms with van der Waals surface area (Å²) in [6.45, 7) is 3.07. The topological polar surface area (TPSA) is 0 Å². The molecule has 1 unspecified atom stereocenters. The van der Waals surface area contributed by atoms with Crippen molar-refractivity contribution in [1.82, 2.24) is 0 Å². The second kappa shape index (κ2) is 5.87. The fraction of sp³-hybridized carbons (Fsp3) is 0.500. The molecule has 114 valence electrons. The molecule has 0 aromatic heterocycles. The first-order valence-corrected chi connectivity index (χ1v) is 7.10. The molecule has 20 heavy (non-hydrogen) atoms. The molecule has 1 atom stereocenters. The highest BCUT2D eigenvalue weighted by Gasteiger charge is 2.60. The molecule has 0 spiro atoms. The Hall–Kier alpha value is -0.240. The summed E-state index contributed by atoms with van der Waals surface area (Å²) in [5.41, 5.74) is 0.895. The number of hydrogen-bond donors (Lipinski definition) is 0. The Kier molecular flexibility index (Phi) is 5.22. The largest absolute Gasteiger partial charge is 0.401 e. The van der Waals surface area contributed by atoms with Crippen molar-refractivity contribution in [3.63, 3.8) is 0 Å². The van der Waals surface area contributed by atoms with Gasteiger partial charge in [0.15, 0.2) is 5.92 Å². The Labute approximate surface area is 128 Å². The van der Waals surface area contributed by atoms with Crippen LogP contribution in [0.5, 0.6) is 0 Å². The Balaban J connectivity index is 3.34. The standard InChI is InChI=1S/C12H10Br2F6/c1-5-4-8(13)6(2)3-7(5)9(14)10(11(15,16)17)12(18,19)20/h3-4,9-10H,1-2H3. The molecular weight excluding hydrogens is 418 g/mol. The van der Waals surface area contributed by atoms with E-state index in [1.165, 1.54) is 19.1 Å². The van der Waals surface area contributed by atoms with E-state index in [0.29, 0.717) is 15.6 Å². The quantitative estimate of drug-likeness (QED) is 0.387. The molecule has 0 heterocycles. The van der Waals surface area contributed by atoms with Gasteiger partial charge in [0.1, 0.15) is 0 Å². The fourth-order valence-corrected chi connectivity index (χ4v) is 3.35. The monoisotopic (exact) mass is 426 g/mol. The van der Waals surface area contributed by atoms with Crippen molar-refractivity contribution < 1.29 is 26.3 Å². The van der Waals surface area contributed by atoms with Crippen molar-refractivity contribution in [3.8, 4) is 0 Å². The molecule has 0 amide bonds. The zero-order valence-corrected chi connectivity index (χ0v) is 13.5. The third-order valence-corrected chi connectivity index (χ3v) is 4.72. The van der Waals surface area contributed by atoms with E-state index in [1.54, 1.807) is 6.92 Å². The van der Waals surface area contributed by atoms with Crippen molar-refractivity contribution in [2.24, 2.45) is 5.92 Å². The Morgan fingerprint density at radius 1 is 0.900 bits per heavy atom. The molecule has 0 aliphatic heterocycles. The molecule has 0 aliphatic carbocycles. The average molecular weight is 428 g/mol. The van der Waals surface area contributed by atoms with Gasteiger partial charge in [-0.1, -0.05) is 37.9 Å². The van der Waals surface area contributed by atoms with E-state index in [-0.39, 0.29) is 5.56 Å². The summed E-state index contributed by atoms with van der Waals surface area (Å²) in [4.78, 5) is -1.88. The van der Waals surface area contributed by atoms with Crippen LogP contribution in [0.4, 0.5) is 26.3 Å². The minimum Gasteiger partial charge on any atom is -0.170 e. The first-order chi connectivity index (χ1) is 8.85. The summed E-state index contributed by atoms with van der Waals surface area (Å²) in [6.07, 6.45) is -10.8. The molecule has 0 saturated heterocycles. The van der Waals surface area contributed by atoms with Crippen LogP contribution >= 0.6 is 31.9 Å². The molecule has 1 aromatic carbocycles. The summed E-state index contributed by atoms with van der Waals surface area (Å²) in [5.74, 6) is -3.45. The van der Waals surface area contributed by atoms with Crippen LogP contribution < -0.4 is 0 Å². The van der Waals surface area contributed by atoms with E-state index < -0.39 is 23.1 Å². The predicted molar refractivity (Wildman–Crippen MR) is 70.9 cm³/mol. The van der Waals surface area contributed by atoms with Crippen LogP contribution in [-0.4, -0.2) is 12.4 Å². The van der Waals surface area contributed by atoms with Crippen LogP contribution in [0.3, 0.4) is 0 Å². The number of rotatable bonds is 2. The van der Waals surface area contributed by atoms with Crippen LogP contribution in [0.15, 0.2) is 16.6 Å². The maximum Gasteiger partial charge on any atom is 0.401 e. The lowest BCUT2D eigenvalue weighted by molar-refractivity contribution is -0.283. The van der Waals surface area contributed by atoms with Crippen LogP contribution in [0, 0.1) is 19.8 Å². The third-order valence-electron chi connectivity index (χ3n) is 2.84. The highest BCUT2D eigenvalue weighted by molar-refractivity contribution is 9.10. The van der Waals surface area contributed by atoms with Crippen molar-refractivity contribution in [2.45, 2.75) is 31.0 Å². The summed E-state index contributed by atoms with van der Waals surface area (Å²) < 4.78 is 76.9. The summed E-state index contributed by atoms with van der Waals surface area (Å²) in [5, 5.41) is 0. The highest BCUT2D eigenvalue weighted by atomic mass is 79.9. The highest BCUT2D eigenvalue weighted by Crippen LogP contribution is 2.50.